The van der Waals surface area contributed by atoms with E-state index in [1.807, 2.05) is 31.2 Å². The third-order valence-corrected chi connectivity index (χ3v) is 6.92. The number of fused-ring (bicyclic) bond motifs is 1. The maximum absolute atomic E-state index is 13.6. The van der Waals surface area contributed by atoms with Gasteiger partial charge in [0.25, 0.3) is 5.91 Å². The maximum Gasteiger partial charge on any atom is 0.261 e. The van der Waals surface area contributed by atoms with Crippen molar-refractivity contribution in [1.82, 2.24) is 9.88 Å². The van der Waals surface area contributed by atoms with Crippen molar-refractivity contribution in [1.29, 1.82) is 0 Å². The Bertz CT molecular complexity index is 1070. The number of anilines is 1. The molecule has 0 unspecified atom stereocenters. The molecule has 1 aliphatic rings. The van der Waals surface area contributed by atoms with Crippen LogP contribution >= 0.6 is 38.9 Å². The summed E-state index contributed by atoms with van der Waals surface area (Å²) in [5.74, 6) is 0.556. The van der Waals surface area contributed by atoms with Crippen LogP contribution in [0.15, 0.2) is 40.9 Å². The van der Waals surface area contributed by atoms with Crippen molar-refractivity contribution in [2.24, 2.45) is 0 Å². The molecule has 2 heterocycles. The molecule has 2 aromatic carbocycles. The number of morpholine rings is 1. The second-order valence-corrected chi connectivity index (χ2v) is 9.40. The normalized spacial score (nSPS) is 14.7. The van der Waals surface area contributed by atoms with Crippen LogP contribution in [0.25, 0.3) is 10.2 Å². The molecule has 4 rings (SSSR count). The second kappa shape index (κ2) is 10.3. The van der Waals surface area contributed by atoms with Crippen molar-refractivity contribution in [3.63, 3.8) is 0 Å². The first-order valence-electron chi connectivity index (χ1n) is 10.2. The van der Waals surface area contributed by atoms with Crippen molar-refractivity contribution in [2.75, 3.05) is 50.9 Å². The predicted octanol–water partition coefficient (Wildman–Crippen LogP) is 5.09. The molecule has 164 valence electrons. The Balaban J connectivity index is 1.69. The zero-order valence-electron chi connectivity index (χ0n) is 17.1. The number of para-hydroxylation sites is 1. The number of rotatable bonds is 7. The monoisotopic (exact) mass is 523 g/mol. The van der Waals surface area contributed by atoms with Crippen molar-refractivity contribution in [3.05, 3.63) is 51.5 Å². The Morgan fingerprint density at radius 3 is 2.90 bits per heavy atom. The van der Waals surface area contributed by atoms with Crippen molar-refractivity contribution < 1.29 is 14.3 Å². The van der Waals surface area contributed by atoms with Gasteiger partial charge >= 0.3 is 0 Å². The number of halogens is 2. The highest BCUT2D eigenvalue weighted by molar-refractivity contribution is 9.10. The number of thiazole rings is 1. The van der Waals surface area contributed by atoms with Crippen LogP contribution < -0.4 is 9.64 Å². The zero-order chi connectivity index (χ0) is 21.8. The van der Waals surface area contributed by atoms with E-state index in [9.17, 15) is 4.79 Å². The summed E-state index contributed by atoms with van der Waals surface area (Å²) in [4.78, 5) is 22.4. The minimum atomic E-state index is -0.170. The van der Waals surface area contributed by atoms with Crippen molar-refractivity contribution >= 4 is 60.1 Å². The third-order valence-electron chi connectivity index (χ3n) is 5.05. The molecule has 0 radical (unpaired) electrons. The van der Waals surface area contributed by atoms with Crippen LogP contribution in [0.5, 0.6) is 5.75 Å². The van der Waals surface area contributed by atoms with Gasteiger partial charge in [-0.15, -0.1) is 0 Å². The van der Waals surface area contributed by atoms with Crippen LogP contribution in [-0.2, 0) is 4.74 Å². The molecular formula is C22H23BrClN3O3S. The summed E-state index contributed by atoms with van der Waals surface area (Å²) in [5, 5.41) is 1.05. The fraction of sp³-hybridized carbons (Fsp3) is 0.364. The number of ether oxygens (including phenoxy) is 2. The van der Waals surface area contributed by atoms with E-state index in [1.54, 1.807) is 17.0 Å². The molecule has 1 fully saturated rings. The molecule has 0 spiro atoms. The van der Waals surface area contributed by atoms with Gasteiger partial charge in [-0.05, 0) is 37.3 Å². The Morgan fingerprint density at radius 1 is 1.32 bits per heavy atom. The molecule has 1 saturated heterocycles. The summed E-state index contributed by atoms with van der Waals surface area (Å²) in [6.45, 7) is 6.87. The van der Waals surface area contributed by atoms with Gasteiger partial charge in [0.1, 0.15) is 11.3 Å². The number of hydrogen-bond acceptors (Lipinski definition) is 6. The predicted molar refractivity (Wildman–Crippen MR) is 129 cm³/mol. The fourth-order valence-electron chi connectivity index (χ4n) is 3.46. The van der Waals surface area contributed by atoms with Crippen LogP contribution in [0.2, 0.25) is 5.02 Å². The average Bonchev–Trinajstić information content (AvgIpc) is 3.21. The molecule has 0 aliphatic carbocycles. The van der Waals surface area contributed by atoms with Gasteiger partial charge in [0.05, 0.1) is 35.1 Å². The van der Waals surface area contributed by atoms with Gasteiger partial charge in [0.15, 0.2) is 5.13 Å². The lowest BCUT2D eigenvalue weighted by molar-refractivity contribution is 0.0391. The molecule has 31 heavy (non-hydrogen) atoms. The van der Waals surface area contributed by atoms with E-state index in [0.717, 1.165) is 40.1 Å². The van der Waals surface area contributed by atoms with E-state index >= 15 is 0 Å². The first-order valence-corrected chi connectivity index (χ1v) is 12.1. The van der Waals surface area contributed by atoms with Gasteiger partial charge < -0.3 is 9.47 Å². The molecule has 0 N–H and O–H groups in total. The largest absolute Gasteiger partial charge is 0.492 e. The zero-order valence-corrected chi connectivity index (χ0v) is 20.3. The van der Waals surface area contributed by atoms with Crippen molar-refractivity contribution in [3.8, 4) is 5.75 Å². The average molecular weight is 525 g/mol. The van der Waals surface area contributed by atoms with Crippen LogP contribution in [0.3, 0.4) is 0 Å². The van der Waals surface area contributed by atoms with Crippen molar-refractivity contribution in [2.45, 2.75) is 6.92 Å². The molecular weight excluding hydrogens is 502 g/mol. The molecule has 1 amide bonds. The number of aromatic nitrogens is 1. The number of benzene rings is 2. The third kappa shape index (κ3) is 5.21. The lowest BCUT2D eigenvalue weighted by Crippen LogP contribution is -2.43. The van der Waals surface area contributed by atoms with E-state index in [2.05, 4.69) is 20.8 Å². The molecule has 6 nitrogen and oxygen atoms in total. The van der Waals surface area contributed by atoms with Gasteiger partial charge in [0.2, 0.25) is 0 Å². The Morgan fingerprint density at radius 2 is 2.13 bits per heavy atom. The summed E-state index contributed by atoms with van der Waals surface area (Å²) in [7, 11) is 0. The summed E-state index contributed by atoms with van der Waals surface area (Å²) < 4.78 is 13.0. The Labute approximate surface area is 198 Å². The minimum absolute atomic E-state index is 0.170. The van der Waals surface area contributed by atoms with Gasteiger partial charge in [-0.1, -0.05) is 44.9 Å². The number of nitrogens with zero attached hydrogens (tertiary/aromatic N) is 3. The summed E-state index contributed by atoms with van der Waals surface area (Å²) >= 11 is 11.3. The standard InChI is InChI=1S/C22H23BrClN3O3S/c1-2-30-18-4-3-5-19-20(18)25-22(31-19)27(9-8-26-10-12-29-13-11-26)21(28)16-14-15(23)6-7-17(16)24/h3-7,14H,2,8-13H2,1H3. The molecule has 0 bridgehead atoms. The summed E-state index contributed by atoms with van der Waals surface area (Å²) in [6, 6.07) is 11.1. The van der Waals surface area contributed by atoms with Gasteiger partial charge in [0, 0.05) is 30.7 Å². The summed E-state index contributed by atoms with van der Waals surface area (Å²) in [5.41, 5.74) is 1.22. The number of carbonyl (C=O) groups excluding carboxylic acids is 1. The van der Waals surface area contributed by atoms with E-state index in [0.29, 0.717) is 42.1 Å². The number of carbonyl (C=O) groups is 1. The Kier molecular flexibility index (Phi) is 7.45. The first kappa shape index (κ1) is 22.5. The van der Waals surface area contributed by atoms with E-state index < -0.39 is 0 Å². The van der Waals surface area contributed by atoms with Crippen LogP contribution in [0.1, 0.15) is 17.3 Å². The molecule has 1 aliphatic heterocycles. The minimum Gasteiger partial charge on any atom is -0.492 e. The highest BCUT2D eigenvalue weighted by atomic mass is 79.9. The topological polar surface area (TPSA) is 54.9 Å². The Hall–Kier alpha value is -1.71. The second-order valence-electron chi connectivity index (χ2n) is 7.07. The lowest BCUT2D eigenvalue weighted by Gasteiger charge is -2.29. The van der Waals surface area contributed by atoms with Crippen LogP contribution in [0, 0.1) is 0 Å². The van der Waals surface area contributed by atoms with E-state index in [1.165, 1.54) is 11.3 Å². The SMILES string of the molecule is CCOc1cccc2sc(N(CCN3CCOCC3)C(=O)c3cc(Br)ccc3Cl)nc12. The van der Waals surface area contributed by atoms with Gasteiger partial charge in [-0.2, -0.15) is 0 Å². The maximum atomic E-state index is 13.6. The number of hydrogen-bond donors (Lipinski definition) is 0. The van der Waals surface area contributed by atoms with Gasteiger partial charge in [-0.3, -0.25) is 14.6 Å². The van der Waals surface area contributed by atoms with Crippen LogP contribution in [-0.4, -0.2) is 61.8 Å². The van der Waals surface area contributed by atoms with Crippen LogP contribution in [0.4, 0.5) is 5.13 Å². The number of amides is 1. The molecule has 9 heteroatoms. The lowest BCUT2D eigenvalue weighted by atomic mass is 10.2. The molecule has 0 saturated carbocycles. The van der Waals surface area contributed by atoms with E-state index in [-0.39, 0.29) is 5.91 Å². The smallest absolute Gasteiger partial charge is 0.261 e. The fourth-order valence-corrected chi connectivity index (χ4v) is 5.02. The highest BCUT2D eigenvalue weighted by Gasteiger charge is 2.25. The molecule has 1 aromatic heterocycles. The highest BCUT2D eigenvalue weighted by Crippen LogP contribution is 2.35. The van der Waals surface area contributed by atoms with E-state index in [4.69, 9.17) is 26.1 Å². The van der Waals surface area contributed by atoms with Gasteiger partial charge in [-0.25, -0.2) is 4.98 Å². The summed E-state index contributed by atoms with van der Waals surface area (Å²) in [6.07, 6.45) is 0. The first-order chi connectivity index (χ1) is 15.1. The quantitative estimate of drug-likeness (QED) is 0.431. The molecule has 0 atom stereocenters. The molecule has 3 aromatic rings.